The first-order valence-corrected chi connectivity index (χ1v) is 6.25. The normalized spacial score (nSPS) is 10.3. The summed E-state index contributed by atoms with van der Waals surface area (Å²) in [5, 5.41) is 14.0. The highest BCUT2D eigenvalue weighted by molar-refractivity contribution is 6.33. The third-order valence-corrected chi connectivity index (χ3v) is 2.90. The van der Waals surface area contributed by atoms with E-state index in [2.05, 4.69) is 10.3 Å². The summed E-state index contributed by atoms with van der Waals surface area (Å²) in [5.41, 5.74) is 0.655. The molecule has 0 atom stereocenters. The van der Waals surface area contributed by atoms with E-state index in [-0.39, 0.29) is 10.7 Å². The van der Waals surface area contributed by atoms with Crippen LogP contribution in [0.3, 0.4) is 0 Å². The first kappa shape index (κ1) is 14.2. The fourth-order valence-corrected chi connectivity index (χ4v) is 1.99. The van der Waals surface area contributed by atoms with Crippen LogP contribution in [0, 0.1) is 15.9 Å². The van der Waals surface area contributed by atoms with Gasteiger partial charge in [0, 0.05) is 18.2 Å². The van der Waals surface area contributed by atoms with Crippen molar-refractivity contribution in [1.82, 2.24) is 4.98 Å². The molecule has 0 saturated carbocycles. The summed E-state index contributed by atoms with van der Waals surface area (Å²) in [6.07, 6.45) is 0. The van der Waals surface area contributed by atoms with Crippen LogP contribution in [-0.2, 0) is 0 Å². The van der Waals surface area contributed by atoms with Gasteiger partial charge in [0.05, 0.1) is 21.7 Å². The van der Waals surface area contributed by atoms with E-state index in [0.29, 0.717) is 23.6 Å². The third-order valence-electron chi connectivity index (χ3n) is 2.59. The SMILES string of the molecule is CCNc1cc([N+](=O)[O-])cc(-c2ccc(F)cc2Cl)n1. The van der Waals surface area contributed by atoms with Crippen LogP contribution in [0.4, 0.5) is 15.9 Å². The lowest BCUT2D eigenvalue weighted by molar-refractivity contribution is -0.384. The first-order valence-electron chi connectivity index (χ1n) is 5.87. The van der Waals surface area contributed by atoms with Crippen molar-refractivity contribution in [3.8, 4) is 11.3 Å². The minimum absolute atomic E-state index is 0.105. The van der Waals surface area contributed by atoms with Crippen LogP contribution < -0.4 is 5.32 Å². The zero-order valence-corrected chi connectivity index (χ0v) is 11.3. The molecule has 1 aromatic heterocycles. The number of hydrogen-bond donors (Lipinski definition) is 1. The molecule has 0 saturated heterocycles. The zero-order chi connectivity index (χ0) is 14.7. The van der Waals surface area contributed by atoms with Gasteiger partial charge in [0.25, 0.3) is 5.69 Å². The Morgan fingerprint density at radius 1 is 1.40 bits per heavy atom. The lowest BCUT2D eigenvalue weighted by atomic mass is 10.1. The number of rotatable bonds is 4. The number of nitro groups is 1. The number of pyridine rings is 1. The van der Waals surface area contributed by atoms with E-state index >= 15 is 0 Å². The molecule has 0 amide bonds. The molecule has 1 N–H and O–H groups in total. The van der Waals surface area contributed by atoms with Crippen LogP contribution in [0.1, 0.15) is 6.92 Å². The minimum atomic E-state index is -0.510. The maximum absolute atomic E-state index is 13.0. The van der Waals surface area contributed by atoms with Gasteiger partial charge in [-0.25, -0.2) is 9.37 Å². The molecule has 1 heterocycles. The second-order valence-corrected chi connectivity index (χ2v) is 4.41. The fourth-order valence-electron chi connectivity index (χ4n) is 1.73. The van der Waals surface area contributed by atoms with E-state index < -0.39 is 10.7 Å². The number of hydrogen-bond acceptors (Lipinski definition) is 4. The molecule has 104 valence electrons. The molecule has 2 aromatic rings. The van der Waals surface area contributed by atoms with Gasteiger partial charge >= 0.3 is 0 Å². The molecular weight excluding hydrogens is 285 g/mol. The summed E-state index contributed by atoms with van der Waals surface area (Å²) >= 11 is 5.96. The zero-order valence-electron chi connectivity index (χ0n) is 10.6. The highest BCUT2D eigenvalue weighted by Crippen LogP contribution is 2.30. The van der Waals surface area contributed by atoms with Gasteiger partial charge in [-0.1, -0.05) is 11.6 Å². The van der Waals surface area contributed by atoms with E-state index in [1.54, 1.807) is 0 Å². The lowest BCUT2D eigenvalue weighted by Crippen LogP contribution is -2.02. The van der Waals surface area contributed by atoms with Crippen molar-refractivity contribution in [2.24, 2.45) is 0 Å². The maximum Gasteiger partial charge on any atom is 0.275 e. The average molecular weight is 296 g/mol. The summed E-state index contributed by atoms with van der Waals surface area (Å²) in [6.45, 7) is 2.43. The van der Waals surface area contributed by atoms with Crippen LogP contribution in [-0.4, -0.2) is 16.5 Å². The summed E-state index contributed by atoms with van der Waals surface area (Å²) in [4.78, 5) is 14.7. The Hall–Kier alpha value is -2.21. The van der Waals surface area contributed by atoms with Crippen LogP contribution >= 0.6 is 11.6 Å². The largest absolute Gasteiger partial charge is 0.370 e. The Labute approximate surface area is 119 Å². The number of aromatic nitrogens is 1. The van der Waals surface area contributed by atoms with E-state index in [0.717, 1.165) is 6.07 Å². The smallest absolute Gasteiger partial charge is 0.275 e. The predicted molar refractivity (Wildman–Crippen MR) is 75.5 cm³/mol. The molecule has 0 aliphatic rings. The Morgan fingerprint density at radius 2 is 2.15 bits per heavy atom. The monoisotopic (exact) mass is 295 g/mol. The highest BCUT2D eigenvalue weighted by Gasteiger charge is 2.14. The Kier molecular flexibility index (Phi) is 4.14. The Bertz CT molecular complexity index is 664. The number of nitrogens with zero attached hydrogens (tertiary/aromatic N) is 2. The molecule has 0 spiro atoms. The van der Waals surface area contributed by atoms with Gasteiger partial charge in [-0.2, -0.15) is 0 Å². The van der Waals surface area contributed by atoms with Crippen LogP contribution in [0.25, 0.3) is 11.3 Å². The van der Waals surface area contributed by atoms with E-state index in [4.69, 9.17) is 11.6 Å². The Balaban J connectivity index is 2.57. The quantitative estimate of drug-likeness (QED) is 0.686. The maximum atomic E-state index is 13.0. The van der Waals surface area contributed by atoms with Gasteiger partial charge in [0.15, 0.2) is 0 Å². The van der Waals surface area contributed by atoms with Crippen molar-refractivity contribution < 1.29 is 9.31 Å². The van der Waals surface area contributed by atoms with Gasteiger partial charge in [-0.05, 0) is 25.1 Å². The molecule has 0 fully saturated rings. The summed E-state index contributed by atoms with van der Waals surface area (Å²) in [5.74, 6) is -0.104. The van der Waals surface area contributed by atoms with Crippen LogP contribution in [0.15, 0.2) is 30.3 Å². The summed E-state index contributed by atoms with van der Waals surface area (Å²) in [7, 11) is 0. The van der Waals surface area contributed by atoms with E-state index in [1.807, 2.05) is 6.92 Å². The molecule has 0 bridgehead atoms. The minimum Gasteiger partial charge on any atom is -0.370 e. The van der Waals surface area contributed by atoms with Crippen LogP contribution in [0.5, 0.6) is 0 Å². The van der Waals surface area contributed by atoms with Crippen molar-refractivity contribution in [3.63, 3.8) is 0 Å². The number of anilines is 1. The standard InChI is InChI=1S/C13H11ClFN3O2/c1-2-16-13-7-9(18(19)20)6-12(17-13)10-4-3-8(15)5-11(10)14/h3-7H,2H2,1H3,(H,16,17). The van der Waals surface area contributed by atoms with Crippen LogP contribution in [0.2, 0.25) is 5.02 Å². The molecule has 0 aliphatic heterocycles. The van der Waals surface area contributed by atoms with Gasteiger partial charge in [0.2, 0.25) is 0 Å². The van der Waals surface area contributed by atoms with Gasteiger partial charge in [0.1, 0.15) is 11.6 Å². The van der Waals surface area contributed by atoms with Gasteiger partial charge in [-0.15, -0.1) is 0 Å². The summed E-state index contributed by atoms with van der Waals surface area (Å²) < 4.78 is 13.0. The molecule has 2 rings (SSSR count). The third kappa shape index (κ3) is 3.03. The number of benzene rings is 1. The number of halogens is 2. The van der Waals surface area contributed by atoms with Crippen molar-refractivity contribution in [1.29, 1.82) is 0 Å². The van der Waals surface area contributed by atoms with Gasteiger partial charge in [-0.3, -0.25) is 10.1 Å². The molecule has 1 aromatic carbocycles. The molecular formula is C13H11ClFN3O2. The van der Waals surface area contributed by atoms with E-state index in [9.17, 15) is 14.5 Å². The predicted octanol–water partition coefficient (Wildman–Crippen LogP) is 3.88. The van der Waals surface area contributed by atoms with Crippen molar-refractivity contribution in [2.75, 3.05) is 11.9 Å². The van der Waals surface area contributed by atoms with Crippen molar-refractivity contribution in [3.05, 3.63) is 51.3 Å². The highest BCUT2D eigenvalue weighted by atomic mass is 35.5. The topological polar surface area (TPSA) is 68.1 Å². The Morgan fingerprint density at radius 3 is 2.75 bits per heavy atom. The number of nitrogens with one attached hydrogen (secondary N) is 1. The molecule has 0 radical (unpaired) electrons. The summed E-state index contributed by atoms with van der Waals surface area (Å²) in [6, 6.07) is 6.46. The molecule has 7 heteroatoms. The van der Waals surface area contributed by atoms with Crippen molar-refractivity contribution >= 4 is 23.1 Å². The van der Waals surface area contributed by atoms with Gasteiger partial charge < -0.3 is 5.32 Å². The van der Waals surface area contributed by atoms with E-state index in [1.165, 1.54) is 24.3 Å². The second kappa shape index (κ2) is 5.83. The lowest BCUT2D eigenvalue weighted by Gasteiger charge is -2.07. The average Bonchev–Trinajstić information content (AvgIpc) is 2.38. The fraction of sp³-hybridized carbons (Fsp3) is 0.154. The first-order chi connectivity index (χ1) is 9.51. The van der Waals surface area contributed by atoms with Crippen molar-refractivity contribution in [2.45, 2.75) is 6.92 Å². The second-order valence-electron chi connectivity index (χ2n) is 4.01. The molecule has 20 heavy (non-hydrogen) atoms. The molecule has 0 aliphatic carbocycles. The molecule has 5 nitrogen and oxygen atoms in total. The molecule has 0 unspecified atom stereocenters.